The summed E-state index contributed by atoms with van der Waals surface area (Å²) in [6.45, 7) is 2.36. The van der Waals surface area contributed by atoms with Crippen molar-refractivity contribution in [2.45, 2.75) is 25.8 Å². The normalized spacial score (nSPS) is 13.7. The Kier molecular flexibility index (Phi) is 5.95. The van der Waals surface area contributed by atoms with Crippen molar-refractivity contribution in [2.24, 2.45) is 0 Å². The molecule has 0 radical (unpaired) electrons. The van der Waals surface area contributed by atoms with E-state index in [4.69, 9.17) is 4.74 Å². The molecule has 1 N–H and O–H groups in total. The molecule has 7 nitrogen and oxygen atoms in total. The second-order valence-electron chi connectivity index (χ2n) is 6.90. The van der Waals surface area contributed by atoms with Crippen LogP contribution in [0.2, 0.25) is 0 Å². The summed E-state index contributed by atoms with van der Waals surface area (Å²) in [5, 5.41) is 2.89. The molecule has 1 aromatic carbocycles. The molecule has 1 aliphatic heterocycles. The fraction of sp³-hybridized carbons (Fsp3) is 0.273. The van der Waals surface area contributed by atoms with Crippen LogP contribution in [0.3, 0.4) is 0 Å². The van der Waals surface area contributed by atoms with Gasteiger partial charge in [0.2, 0.25) is 0 Å². The predicted octanol–water partition coefficient (Wildman–Crippen LogP) is 3.58. The van der Waals surface area contributed by atoms with Crippen molar-refractivity contribution in [3.8, 4) is 11.6 Å². The number of hydrogen-bond donors (Lipinski definition) is 1. The maximum absolute atomic E-state index is 12.3. The van der Waals surface area contributed by atoms with Gasteiger partial charge in [0.1, 0.15) is 5.75 Å². The highest BCUT2D eigenvalue weighted by Crippen LogP contribution is 2.29. The molecule has 1 saturated heterocycles. The summed E-state index contributed by atoms with van der Waals surface area (Å²) in [7, 11) is 0. The largest absolute Gasteiger partial charge is 0.436 e. The first kappa shape index (κ1) is 18.9. The number of benzene rings is 1. The molecule has 0 saturated carbocycles. The van der Waals surface area contributed by atoms with Gasteiger partial charge in [-0.2, -0.15) is 0 Å². The number of hydrogen-bond acceptors (Lipinski definition) is 6. The van der Waals surface area contributed by atoms with E-state index < -0.39 is 0 Å². The third-order valence-corrected chi connectivity index (χ3v) is 4.81. The van der Waals surface area contributed by atoms with Crippen LogP contribution in [0.4, 0.5) is 5.82 Å². The Balaban J connectivity index is 1.40. The fourth-order valence-electron chi connectivity index (χ4n) is 3.29. The van der Waals surface area contributed by atoms with E-state index >= 15 is 0 Å². The predicted molar refractivity (Wildman–Crippen MR) is 110 cm³/mol. The van der Waals surface area contributed by atoms with Gasteiger partial charge in [0.05, 0.1) is 0 Å². The maximum Gasteiger partial charge on any atom is 0.263 e. The van der Waals surface area contributed by atoms with E-state index in [1.54, 1.807) is 49.1 Å². The van der Waals surface area contributed by atoms with Gasteiger partial charge in [0, 0.05) is 50.0 Å². The van der Waals surface area contributed by atoms with Gasteiger partial charge in [-0.15, -0.1) is 0 Å². The average molecular weight is 389 g/mol. The van der Waals surface area contributed by atoms with Gasteiger partial charge in [-0.25, -0.2) is 9.97 Å². The molecule has 3 aromatic rings. The Morgan fingerprint density at radius 3 is 2.55 bits per heavy atom. The molecule has 0 unspecified atom stereocenters. The van der Waals surface area contributed by atoms with Crippen LogP contribution in [0.15, 0.2) is 61.2 Å². The molecule has 7 heteroatoms. The lowest BCUT2D eigenvalue weighted by molar-refractivity contribution is 0.0951. The maximum atomic E-state index is 12.3. The SMILES string of the molecule is O=C(NCc1cccnc1)c1ccc(Oc2nccnc2N2CCCCC2)cc1. The number of anilines is 1. The van der Waals surface area contributed by atoms with Crippen LogP contribution in [-0.4, -0.2) is 33.9 Å². The number of carbonyl (C=O) groups is 1. The van der Waals surface area contributed by atoms with E-state index in [1.165, 1.54) is 6.42 Å². The van der Waals surface area contributed by atoms with Gasteiger partial charge >= 0.3 is 0 Å². The first-order chi connectivity index (χ1) is 14.3. The minimum atomic E-state index is -0.145. The third-order valence-electron chi connectivity index (χ3n) is 4.81. The second kappa shape index (κ2) is 9.14. The molecule has 4 rings (SSSR count). The zero-order valence-corrected chi connectivity index (χ0v) is 16.1. The number of ether oxygens (including phenoxy) is 1. The average Bonchev–Trinajstić information content (AvgIpc) is 2.80. The van der Waals surface area contributed by atoms with Crippen molar-refractivity contribution >= 4 is 11.7 Å². The number of piperidine rings is 1. The van der Waals surface area contributed by atoms with Gasteiger partial charge in [0.25, 0.3) is 11.8 Å². The first-order valence-corrected chi connectivity index (χ1v) is 9.80. The molecule has 0 atom stereocenters. The van der Waals surface area contributed by atoms with Crippen molar-refractivity contribution < 1.29 is 9.53 Å². The fourth-order valence-corrected chi connectivity index (χ4v) is 3.29. The highest BCUT2D eigenvalue weighted by Gasteiger charge is 2.18. The molecular weight excluding hydrogens is 366 g/mol. The van der Waals surface area contributed by atoms with Gasteiger partial charge in [0.15, 0.2) is 5.82 Å². The minimum Gasteiger partial charge on any atom is -0.436 e. The van der Waals surface area contributed by atoms with Crippen molar-refractivity contribution in [1.82, 2.24) is 20.3 Å². The standard InChI is InChI=1S/C22H23N5O2/c28-21(26-16-17-5-4-10-23-15-17)18-6-8-19(9-7-18)29-22-20(24-11-12-25-22)27-13-2-1-3-14-27/h4-12,15H,1-3,13-14,16H2,(H,26,28). The molecular formula is C22H23N5O2. The Hall–Kier alpha value is -3.48. The highest BCUT2D eigenvalue weighted by atomic mass is 16.5. The van der Waals surface area contributed by atoms with Crippen LogP contribution in [-0.2, 0) is 6.54 Å². The molecule has 1 fully saturated rings. The first-order valence-electron chi connectivity index (χ1n) is 9.80. The summed E-state index contributed by atoms with van der Waals surface area (Å²) in [6, 6.07) is 10.8. The zero-order chi connectivity index (χ0) is 19.9. The lowest BCUT2D eigenvalue weighted by atomic mass is 10.1. The van der Waals surface area contributed by atoms with E-state index in [0.717, 1.165) is 37.3 Å². The van der Waals surface area contributed by atoms with Gasteiger partial charge in [-0.1, -0.05) is 6.07 Å². The number of pyridine rings is 1. The summed E-state index contributed by atoms with van der Waals surface area (Å²) >= 11 is 0. The lowest BCUT2D eigenvalue weighted by Gasteiger charge is -2.28. The van der Waals surface area contributed by atoms with Crippen molar-refractivity contribution in [1.29, 1.82) is 0 Å². The van der Waals surface area contributed by atoms with E-state index in [-0.39, 0.29) is 5.91 Å². The van der Waals surface area contributed by atoms with E-state index in [0.29, 0.717) is 23.7 Å². The Morgan fingerprint density at radius 2 is 1.79 bits per heavy atom. The monoisotopic (exact) mass is 389 g/mol. The molecule has 148 valence electrons. The summed E-state index contributed by atoms with van der Waals surface area (Å²) in [6.07, 6.45) is 10.3. The summed E-state index contributed by atoms with van der Waals surface area (Å²) < 4.78 is 5.97. The number of rotatable bonds is 6. The van der Waals surface area contributed by atoms with Gasteiger partial charge in [-0.05, 0) is 55.2 Å². The van der Waals surface area contributed by atoms with E-state index in [2.05, 4.69) is 25.2 Å². The van der Waals surface area contributed by atoms with Crippen LogP contribution in [0.25, 0.3) is 0 Å². The summed E-state index contributed by atoms with van der Waals surface area (Å²) in [5.74, 6) is 1.73. The topological polar surface area (TPSA) is 80.2 Å². The number of carbonyl (C=O) groups excluding carboxylic acids is 1. The number of aromatic nitrogens is 3. The Bertz CT molecular complexity index is 941. The van der Waals surface area contributed by atoms with E-state index in [9.17, 15) is 4.79 Å². The second-order valence-corrected chi connectivity index (χ2v) is 6.90. The van der Waals surface area contributed by atoms with Crippen molar-refractivity contribution in [2.75, 3.05) is 18.0 Å². The molecule has 1 amide bonds. The summed E-state index contributed by atoms with van der Waals surface area (Å²) in [4.78, 5) is 27.4. The Labute approximate surface area is 169 Å². The highest BCUT2D eigenvalue weighted by molar-refractivity contribution is 5.94. The number of amides is 1. The van der Waals surface area contributed by atoms with Crippen LogP contribution in [0.1, 0.15) is 35.2 Å². The van der Waals surface area contributed by atoms with Crippen LogP contribution < -0.4 is 15.0 Å². The molecule has 2 aromatic heterocycles. The van der Waals surface area contributed by atoms with Crippen molar-refractivity contribution in [3.05, 3.63) is 72.3 Å². The van der Waals surface area contributed by atoms with Crippen LogP contribution in [0, 0.1) is 0 Å². The van der Waals surface area contributed by atoms with E-state index in [1.807, 2.05) is 12.1 Å². The molecule has 0 spiro atoms. The summed E-state index contributed by atoms with van der Waals surface area (Å²) in [5.41, 5.74) is 1.52. The van der Waals surface area contributed by atoms with Gasteiger partial charge < -0.3 is 15.0 Å². The minimum absolute atomic E-state index is 0.145. The smallest absolute Gasteiger partial charge is 0.263 e. The lowest BCUT2D eigenvalue weighted by Crippen LogP contribution is -2.30. The van der Waals surface area contributed by atoms with Crippen LogP contribution >= 0.6 is 0 Å². The third kappa shape index (κ3) is 4.87. The zero-order valence-electron chi connectivity index (χ0n) is 16.1. The molecule has 0 aliphatic carbocycles. The quantitative estimate of drug-likeness (QED) is 0.694. The number of nitrogens with zero attached hydrogens (tertiary/aromatic N) is 4. The molecule has 3 heterocycles. The van der Waals surface area contributed by atoms with Gasteiger partial charge in [-0.3, -0.25) is 9.78 Å². The number of nitrogens with one attached hydrogen (secondary N) is 1. The van der Waals surface area contributed by atoms with Crippen molar-refractivity contribution in [3.63, 3.8) is 0 Å². The Morgan fingerprint density at radius 1 is 1.00 bits per heavy atom. The molecule has 1 aliphatic rings. The molecule has 0 bridgehead atoms. The van der Waals surface area contributed by atoms with Crippen LogP contribution in [0.5, 0.6) is 11.6 Å². The molecule has 29 heavy (non-hydrogen) atoms.